The SMILES string of the molecule is N#Cc1ccc(NC(=O)c2nc(C(=O)Nc3ccccc3)c3n2CCCC3)cc1. The fourth-order valence-corrected chi connectivity index (χ4v) is 3.43. The highest BCUT2D eigenvalue weighted by Crippen LogP contribution is 2.23. The van der Waals surface area contributed by atoms with E-state index in [0.717, 1.165) is 18.5 Å². The molecule has 1 aliphatic rings. The number of anilines is 2. The van der Waals surface area contributed by atoms with Gasteiger partial charge in [0.2, 0.25) is 0 Å². The zero-order valence-electron chi connectivity index (χ0n) is 15.7. The van der Waals surface area contributed by atoms with Gasteiger partial charge in [0, 0.05) is 17.9 Å². The van der Waals surface area contributed by atoms with Gasteiger partial charge in [-0.25, -0.2) is 4.98 Å². The first kappa shape index (κ1) is 18.4. The lowest BCUT2D eigenvalue weighted by Gasteiger charge is -2.17. The van der Waals surface area contributed by atoms with Crippen molar-refractivity contribution in [1.82, 2.24) is 9.55 Å². The number of rotatable bonds is 4. The first-order chi connectivity index (χ1) is 14.2. The quantitative estimate of drug-likeness (QED) is 0.717. The highest BCUT2D eigenvalue weighted by molar-refractivity contribution is 6.07. The largest absolute Gasteiger partial charge is 0.323 e. The van der Waals surface area contributed by atoms with Gasteiger partial charge in [-0.15, -0.1) is 0 Å². The number of nitrogens with one attached hydrogen (secondary N) is 2. The number of nitriles is 1. The van der Waals surface area contributed by atoms with Gasteiger partial charge in [0.25, 0.3) is 11.8 Å². The molecule has 0 spiro atoms. The zero-order valence-corrected chi connectivity index (χ0v) is 15.7. The minimum Gasteiger partial charge on any atom is -0.323 e. The summed E-state index contributed by atoms with van der Waals surface area (Å²) in [6, 6.07) is 17.8. The van der Waals surface area contributed by atoms with Crippen molar-refractivity contribution in [3.63, 3.8) is 0 Å². The van der Waals surface area contributed by atoms with Crippen LogP contribution in [0, 0.1) is 11.3 Å². The number of aromatic nitrogens is 2. The van der Waals surface area contributed by atoms with Crippen LogP contribution in [0.15, 0.2) is 54.6 Å². The maximum absolute atomic E-state index is 12.8. The van der Waals surface area contributed by atoms with E-state index in [1.54, 1.807) is 36.4 Å². The molecule has 1 aliphatic heterocycles. The van der Waals surface area contributed by atoms with Crippen LogP contribution >= 0.6 is 0 Å². The van der Waals surface area contributed by atoms with Crippen LogP contribution in [-0.4, -0.2) is 21.4 Å². The lowest BCUT2D eigenvalue weighted by Crippen LogP contribution is -2.21. The molecular formula is C22H19N5O2. The van der Waals surface area contributed by atoms with Gasteiger partial charge < -0.3 is 15.2 Å². The van der Waals surface area contributed by atoms with E-state index >= 15 is 0 Å². The second-order valence-corrected chi connectivity index (χ2v) is 6.80. The molecule has 0 bridgehead atoms. The van der Waals surface area contributed by atoms with Crippen molar-refractivity contribution < 1.29 is 9.59 Å². The third-order valence-electron chi connectivity index (χ3n) is 4.84. The lowest BCUT2D eigenvalue weighted by atomic mass is 10.1. The molecule has 2 heterocycles. The van der Waals surface area contributed by atoms with Crippen LogP contribution in [-0.2, 0) is 13.0 Å². The number of para-hydroxylation sites is 1. The molecular weight excluding hydrogens is 366 g/mol. The Morgan fingerprint density at radius 3 is 2.34 bits per heavy atom. The second-order valence-electron chi connectivity index (χ2n) is 6.80. The van der Waals surface area contributed by atoms with Gasteiger partial charge in [0.05, 0.1) is 17.3 Å². The number of benzene rings is 2. The molecule has 0 saturated carbocycles. The molecule has 2 N–H and O–H groups in total. The van der Waals surface area contributed by atoms with Crippen LogP contribution in [0.1, 0.15) is 45.2 Å². The van der Waals surface area contributed by atoms with Gasteiger partial charge in [0.15, 0.2) is 11.5 Å². The zero-order chi connectivity index (χ0) is 20.2. The first-order valence-electron chi connectivity index (χ1n) is 9.43. The summed E-state index contributed by atoms with van der Waals surface area (Å²) in [5, 5.41) is 14.5. The van der Waals surface area contributed by atoms with E-state index in [9.17, 15) is 9.59 Å². The number of nitrogens with zero attached hydrogens (tertiary/aromatic N) is 3. The van der Waals surface area contributed by atoms with Crippen molar-refractivity contribution in [3.05, 3.63) is 77.4 Å². The van der Waals surface area contributed by atoms with Crippen molar-refractivity contribution in [2.24, 2.45) is 0 Å². The molecule has 0 radical (unpaired) electrons. The van der Waals surface area contributed by atoms with E-state index in [1.807, 2.05) is 28.8 Å². The van der Waals surface area contributed by atoms with Crippen molar-refractivity contribution in [1.29, 1.82) is 5.26 Å². The first-order valence-corrected chi connectivity index (χ1v) is 9.43. The van der Waals surface area contributed by atoms with E-state index in [-0.39, 0.29) is 17.6 Å². The third kappa shape index (κ3) is 3.87. The maximum atomic E-state index is 12.8. The summed E-state index contributed by atoms with van der Waals surface area (Å²) >= 11 is 0. The van der Waals surface area contributed by atoms with Gasteiger partial charge in [-0.1, -0.05) is 18.2 Å². The van der Waals surface area contributed by atoms with Crippen LogP contribution in [0.25, 0.3) is 0 Å². The van der Waals surface area contributed by atoms with Crippen LogP contribution < -0.4 is 10.6 Å². The van der Waals surface area contributed by atoms with Crippen molar-refractivity contribution >= 4 is 23.2 Å². The normalized spacial score (nSPS) is 12.5. The number of imidazole rings is 1. The van der Waals surface area contributed by atoms with Gasteiger partial charge in [-0.2, -0.15) is 5.26 Å². The summed E-state index contributed by atoms with van der Waals surface area (Å²) in [7, 11) is 0. The van der Waals surface area contributed by atoms with E-state index in [4.69, 9.17) is 5.26 Å². The van der Waals surface area contributed by atoms with E-state index in [0.29, 0.717) is 35.6 Å². The number of carbonyl (C=O) groups excluding carboxylic acids is 2. The van der Waals surface area contributed by atoms with Gasteiger partial charge in [-0.05, 0) is 55.7 Å². The predicted molar refractivity (Wildman–Crippen MR) is 109 cm³/mol. The Morgan fingerprint density at radius 1 is 0.931 bits per heavy atom. The summed E-state index contributed by atoms with van der Waals surface area (Å²) < 4.78 is 1.84. The molecule has 7 heteroatoms. The molecule has 7 nitrogen and oxygen atoms in total. The van der Waals surface area contributed by atoms with Crippen molar-refractivity contribution in [2.75, 3.05) is 10.6 Å². The summed E-state index contributed by atoms with van der Waals surface area (Å²) in [5.74, 6) is -0.474. The van der Waals surface area contributed by atoms with Gasteiger partial charge in [-0.3, -0.25) is 9.59 Å². The number of carbonyl (C=O) groups is 2. The molecule has 0 unspecified atom stereocenters. The van der Waals surface area contributed by atoms with Crippen LogP contribution in [0.5, 0.6) is 0 Å². The average Bonchev–Trinajstić information content (AvgIpc) is 3.15. The highest BCUT2D eigenvalue weighted by Gasteiger charge is 2.27. The topological polar surface area (TPSA) is 99.8 Å². The van der Waals surface area contributed by atoms with Crippen LogP contribution in [0.3, 0.4) is 0 Å². The van der Waals surface area contributed by atoms with E-state index in [1.165, 1.54) is 0 Å². The molecule has 144 valence electrons. The smallest absolute Gasteiger partial charge is 0.291 e. The third-order valence-corrected chi connectivity index (χ3v) is 4.84. The maximum Gasteiger partial charge on any atom is 0.291 e. The number of amides is 2. The van der Waals surface area contributed by atoms with Crippen LogP contribution in [0.4, 0.5) is 11.4 Å². The Kier molecular flexibility index (Phi) is 5.08. The van der Waals surface area contributed by atoms with Crippen molar-refractivity contribution in [2.45, 2.75) is 25.8 Å². The Hall–Kier alpha value is -3.92. The molecule has 3 aromatic rings. The van der Waals surface area contributed by atoms with Gasteiger partial charge >= 0.3 is 0 Å². The summed E-state index contributed by atoms with van der Waals surface area (Å²) in [6.07, 6.45) is 2.59. The lowest BCUT2D eigenvalue weighted by molar-refractivity contribution is 0.101. The predicted octanol–water partition coefficient (Wildman–Crippen LogP) is 3.60. The highest BCUT2D eigenvalue weighted by atomic mass is 16.2. The number of fused-ring (bicyclic) bond motifs is 1. The fourth-order valence-electron chi connectivity index (χ4n) is 3.43. The second kappa shape index (κ2) is 7.98. The molecule has 2 aromatic carbocycles. The minimum absolute atomic E-state index is 0.224. The number of hydrogen-bond donors (Lipinski definition) is 2. The van der Waals surface area contributed by atoms with E-state index < -0.39 is 0 Å². The molecule has 1 aromatic heterocycles. The minimum atomic E-state index is -0.378. The molecule has 0 atom stereocenters. The monoisotopic (exact) mass is 385 g/mol. The molecule has 2 amide bonds. The molecule has 4 rings (SSSR count). The van der Waals surface area contributed by atoms with Crippen LogP contribution in [0.2, 0.25) is 0 Å². The summed E-state index contributed by atoms with van der Waals surface area (Å²) in [5.41, 5.74) is 2.84. The number of hydrogen-bond acceptors (Lipinski definition) is 4. The van der Waals surface area contributed by atoms with Crippen molar-refractivity contribution in [3.8, 4) is 6.07 Å². The molecule has 0 saturated heterocycles. The molecule has 0 fully saturated rings. The van der Waals surface area contributed by atoms with E-state index in [2.05, 4.69) is 15.6 Å². The Morgan fingerprint density at radius 2 is 1.62 bits per heavy atom. The Bertz CT molecular complexity index is 1090. The molecule has 29 heavy (non-hydrogen) atoms. The Labute approximate surface area is 168 Å². The Balaban J connectivity index is 1.61. The molecule has 0 aliphatic carbocycles. The van der Waals surface area contributed by atoms with Gasteiger partial charge in [0.1, 0.15) is 0 Å². The summed E-state index contributed by atoms with van der Waals surface area (Å²) in [4.78, 5) is 30.0. The standard InChI is InChI=1S/C22H19N5O2/c23-14-15-9-11-17(12-10-15)25-22(29)20-26-19(18-8-4-5-13-27(18)20)21(28)24-16-6-2-1-3-7-16/h1-3,6-7,9-12H,4-5,8,13H2,(H,24,28)(H,25,29). The summed E-state index contributed by atoms with van der Waals surface area (Å²) in [6.45, 7) is 0.650. The fraction of sp³-hybridized carbons (Fsp3) is 0.182. The average molecular weight is 385 g/mol.